The highest BCUT2D eigenvalue weighted by Gasteiger charge is 2.32. The first-order chi connectivity index (χ1) is 13.5. The molecule has 1 N–H and O–H groups in total. The molecule has 0 saturated heterocycles. The van der Waals surface area contributed by atoms with Crippen molar-refractivity contribution < 1.29 is 19.1 Å². The quantitative estimate of drug-likeness (QED) is 0.704. The zero-order valence-electron chi connectivity index (χ0n) is 15.0. The smallest absolute Gasteiger partial charge is 0.261 e. The monoisotopic (exact) mass is 372 g/mol. The van der Waals surface area contributed by atoms with Gasteiger partial charge in [0.05, 0.1) is 11.1 Å². The molecule has 0 bridgehead atoms. The van der Waals surface area contributed by atoms with Crippen LogP contribution in [0, 0.1) is 0 Å². The Balaban J connectivity index is 1.47. The lowest BCUT2D eigenvalue weighted by Gasteiger charge is -2.08. The van der Waals surface area contributed by atoms with Gasteiger partial charge in [0.15, 0.2) is 0 Å². The van der Waals surface area contributed by atoms with Crippen LogP contribution in [0.15, 0.2) is 72.8 Å². The second-order valence-corrected chi connectivity index (χ2v) is 6.32. The third kappa shape index (κ3) is 3.23. The van der Waals surface area contributed by atoms with Crippen molar-refractivity contribution in [2.24, 2.45) is 0 Å². The number of hydrogen-bond donors (Lipinski definition) is 1. The fourth-order valence-electron chi connectivity index (χ4n) is 2.94. The summed E-state index contributed by atoms with van der Waals surface area (Å²) in [6.07, 6.45) is 0. The summed E-state index contributed by atoms with van der Waals surface area (Å²) in [6.45, 7) is 0. The minimum atomic E-state index is -0.376. The van der Waals surface area contributed by atoms with Gasteiger partial charge < -0.3 is 10.1 Å². The van der Waals surface area contributed by atoms with Crippen LogP contribution in [-0.4, -0.2) is 29.7 Å². The summed E-state index contributed by atoms with van der Waals surface area (Å²) in [5.41, 5.74) is 1.52. The molecular weight excluding hydrogens is 356 g/mol. The molecule has 0 aliphatic carbocycles. The topological polar surface area (TPSA) is 75.7 Å². The van der Waals surface area contributed by atoms with Crippen LogP contribution < -0.4 is 10.1 Å². The SMILES string of the molecule is CN1C(=O)c2ccc(NC(=O)c3ccc(Oc4ccccc4)cc3)cc2C1=O. The Morgan fingerprint density at radius 1 is 0.821 bits per heavy atom. The number of carbonyl (C=O) groups is 3. The fourth-order valence-corrected chi connectivity index (χ4v) is 2.94. The Kier molecular flexibility index (Phi) is 4.37. The minimum Gasteiger partial charge on any atom is -0.457 e. The Bertz CT molecular complexity index is 1080. The maximum atomic E-state index is 12.5. The van der Waals surface area contributed by atoms with Gasteiger partial charge in [-0.2, -0.15) is 0 Å². The number of imide groups is 1. The first-order valence-corrected chi connectivity index (χ1v) is 8.64. The highest BCUT2D eigenvalue weighted by Crippen LogP contribution is 2.25. The van der Waals surface area contributed by atoms with Crippen molar-refractivity contribution >= 4 is 23.4 Å². The van der Waals surface area contributed by atoms with Gasteiger partial charge in [0.25, 0.3) is 17.7 Å². The highest BCUT2D eigenvalue weighted by atomic mass is 16.5. The van der Waals surface area contributed by atoms with Crippen molar-refractivity contribution in [3.63, 3.8) is 0 Å². The van der Waals surface area contributed by atoms with Crippen molar-refractivity contribution in [1.29, 1.82) is 0 Å². The maximum Gasteiger partial charge on any atom is 0.261 e. The van der Waals surface area contributed by atoms with Gasteiger partial charge in [0.1, 0.15) is 11.5 Å². The number of nitrogens with one attached hydrogen (secondary N) is 1. The zero-order chi connectivity index (χ0) is 19.7. The molecule has 1 aliphatic rings. The molecule has 3 aromatic carbocycles. The summed E-state index contributed by atoms with van der Waals surface area (Å²) in [5, 5.41) is 2.75. The molecule has 1 aliphatic heterocycles. The third-order valence-corrected chi connectivity index (χ3v) is 4.44. The number of nitrogens with zero attached hydrogens (tertiary/aromatic N) is 1. The molecule has 3 aromatic rings. The largest absolute Gasteiger partial charge is 0.457 e. The van der Waals surface area contributed by atoms with Crippen LogP contribution in [0.1, 0.15) is 31.1 Å². The normalized spacial score (nSPS) is 12.7. The number of amides is 3. The molecule has 138 valence electrons. The van der Waals surface area contributed by atoms with E-state index in [0.717, 1.165) is 4.90 Å². The van der Waals surface area contributed by atoms with Crippen molar-refractivity contribution in [2.75, 3.05) is 12.4 Å². The molecule has 0 aromatic heterocycles. The van der Waals surface area contributed by atoms with Crippen molar-refractivity contribution in [3.8, 4) is 11.5 Å². The molecule has 4 rings (SSSR count). The van der Waals surface area contributed by atoms with E-state index in [1.807, 2.05) is 30.3 Å². The van der Waals surface area contributed by atoms with Crippen LogP contribution in [-0.2, 0) is 0 Å². The van der Waals surface area contributed by atoms with Crippen LogP contribution in [0.3, 0.4) is 0 Å². The average Bonchev–Trinajstić information content (AvgIpc) is 2.93. The van der Waals surface area contributed by atoms with E-state index < -0.39 is 0 Å². The van der Waals surface area contributed by atoms with E-state index in [2.05, 4.69) is 5.32 Å². The summed E-state index contributed by atoms with van der Waals surface area (Å²) >= 11 is 0. The van der Waals surface area contributed by atoms with Crippen LogP contribution in [0.25, 0.3) is 0 Å². The van der Waals surface area contributed by atoms with E-state index in [0.29, 0.717) is 28.3 Å². The molecule has 0 saturated carbocycles. The van der Waals surface area contributed by atoms with Crippen molar-refractivity contribution in [2.45, 2.75) is 0 Å². The van der Waals surface area contributed by atoms with Gasteiger partial charge in [-0.25, -0.2) is 0 Å². The summed E-state index contributed by atoms with van der Waals surface area (Å²) < 4.78 is 5.71. The summed E-state index contributed by atoms with van der Waals surface area (Å²) in [4.78, 5) is 37.5. The molecule has 0 unspecified atom stereocenters. The van der Waals surface area contributed by atoms with E-state index in [9.17, 15) is 14.4 Å². The molecule has 6 nitrogen and oxygen atoms in total. The molecule has 28 heavy (non-hydrogen) atoms. The molecule has 0 fully saturated rings. The molecule has 0 radical (unpaired) electrons. The number of ether oxygens (including phenoxy) is 1. The zero-order valence-corrected chi connectivity index (χ0v) is 15.0. The molecular formula is C22H16N2O4. The lowest BCUT2D eigenvalue weighted by Crippen LogP contribution is -2.24. The van der Waals surface area contributed by atoms with Crippen LogP contribution in [0.5, 0.6) is 11.5 Å². The van der Waals surface area contributed by atoms with Gasteiger partial charge in [-0.05, 0) is 54.6 Å². The standard InChI is InChI=1S/C22H16N2O4/c1-24-21(26)18-12-9-15(13-19(18)22(24)27)23-20(25)14-7-10-17(11-8-14)28-16-5-3-2-4-6-16/h2-13H,1H3,(H,23,25). The minimum absolute atomic E-state index is 0.289. The Morgan fingerprint density at radius 3 is 2.18 bits per heavy atom. The Labute approximate surface area is 161 Å². The molecule has 6 heteroatoms. The van der Waals surface area contributed by atoms with Gasteiger partial charge in [0, 0.05) is 18.3 Å². The van der Waals surface area contributed by atoms with Gasteiger partial charge in [-0.15, -0.1) is 0 Å². The van der Waals surface area contributed by atoms with Gasteiger partial charge in [-0.1, -0.05) is 18.2 Å². The van der Waals surface area contributed by atoms with E-state index >= 15 is 0 Å². The van der Waals surface area contributed by atoms with E-state index in [1.54, 1.807) is 36.4 Å². The van der Waals surface area contributed by atoms with Gasteiger partial charge in [-0.3, -0.25) is 19.3 Å². The van der Waals surface area contributed by atoms with Crippen LogP contribution >= 0.6 is 0 Å². The molecule has 1 heterocycles. The van der Waals surface area contributed by atoms with Crippen LogP contribution in [0.2, 0.25) is 0 Å². The summed E-state index contributed by atoms with van der Waals surface area (Å²) in [6, 6.07) is 20.8. The molecule has 0 spiro atoms. The van der Waals surface area contributed by atoms with Crippen molar-refractivity contribution in [3.05, 3.63) is 89.5 Å². The van der Waals surface area contributed by atoms with E-state index in [-0.39, 0.29) is 23.3 Å². The first kappa shape index (κ1) is 17.5. The van der Waals surface area contributed by atoms with Crippen LogP contribution in [0.4, 0.5) is 5.69 Å². The number of carbonyl (C=O) groups excluding carboxylic acids is 3. The number of benzene rings is 3. The number of anilines is 1. The summed E-state index contributed by atoms with van der Waals surface area (Å²) in [5.74, 6) is 0.288. The average molecular weight is 372 g/mol. The number of hydrogen-bond acceptors (Lipinski definition) is 4. The molecule has 3 amide bonds. The Morgan fingerprint density at radius 2 is 1.46 bits per heavy atom. The predicted octanol–water partition coefficient (Wildman–Crippen LogP) is 3.96. The number of rotatable bonds is 4. The lowest BCUT2D eigenvalue weighted by molar-refractivity contribution is 0.0692. The van der Waals surface area contributed by atoms with Gasteiger partial charge in [0.2, 0.25) is 0 Å². The summed E-state index contributed by atoms with van der Waals surface area (Å²) in [7, 11) is 1.43. The van der Waals surface area contributed by atoms with E-state index in [1.165, 1.54) is 13.1 Å². The van der Waals surface area contributed by atoms with E-state index in [4.69, 9.17) is 4.74 Å². The molecule has 0 atom stereocenters. The Hall–Kier alpha value is -3.93. The fraction of sp³-hybridized carbons (Fsp3) is 0.0455. The first-order valence-electron chi connectivity index (χ1n) is 8.64. The number of para-hydroxylation sites is 1. The van der Waals surface area contributed by atoms with Gasteiger partial charge >= 0.3 is 0 Å². The van der Waals surface area contributed by atoms with Crippen molar-refractivity contribution in [1.82, 2.24) is 4.90 Å². The second-order valence-electron chi connectivity index (χ2n) is 6.32. The highest BCUT2D eigenvalue weighted by molar-refractivity contribution is 6.21. The lowest BCUT2D eigenvalue weighted by atomic mass is 10.1. The predicted molar refractivity (Wildman–Crippen MR) is 104 cm³/mol. The third-order valence-electron chi connectivity index (χ3n) is 4.44. The number of fused-ring (bicyclic) bond motifs is 1. The maximum absolute atomic E-state index is 12.5. The second kappa shape index (κ2) is 7.00.